The number of ether oxygens (including phenoxy) is 1. The fourth-order valence-corrected chi connectivity index (χ4v) is 2.47. The molecule has 2 heteroatoms. The maximum absolute atomic E-state index is 5.24. The van der Waals surface area contributed by atoms with Gasteiger partial charge in [-0.25, -0.2) is 0 Å². The minimum atomic E-state index is 0.737. The topological polar surface area (TPSA) is 21.3 Å². The molecule has 1 atom stereocenters. The molecule has 17 heavy (non-hydrogen) atoms. The van der Waals surface area contributed by atoms with Crippen LogP contribution in [0.25, 0.3) is 0 Å². The van der Waals surface area contributed by atoms with E-state index in [9.17, 15) is 0 Å². The van der Waals surface area contributed by atoms with Crippen molar-refractivity contribution in [2.45, 2.75) is 38.1 Å². The lowest BCUT2D eigenvalue weighted by Crippen LogP contribution is -2.27. The van der Waals surface area contributed by atoms with E-state index in [0.29, 0.717) is 0 Å². The van der Waals surface area contributed by atoms with Crippen molar-refractivity contribution < 1.29 is 4.74 Å². The minimum Gasteiger partial charge on any atom is -0.497 e. The molecule has 2 rings (SSSR count). The summed E-state index contributed by atoms with van der Waals surface area (Å²) < 4.78 is 5.24. The summed E-state index contributed by atoms with van der Waals surface area (Å²) in [6, 6.07) is 9.15. The monoisotopic (exact) mass is 233 g/mol. The molecule has 2 nitrogen and oxygen atoms in total. The maximum Gasteiger partial charge on any atom is 0.119 e. The molecule has 1 aromatic carbocycles. The molecule has 0 radical (unpaired) electrons. The van der Waals surface area contributed by atoms with E-state index in [2.05, 4.69) is 30.6 Å². The first-order chi connectivity index (χ1) is 8.33. The van der Waals surface area contributed by atoms with Gasteiger partial charge < -0.3 is 10.1 Å². The standard InChI is InChI=1S/C15H23NO/c1-16-15(13-9-10-13)8-4-6-12-5-3-7-14(11-12)17-2/h3,5,7,11,13,15-16H,4,6,8-10H2,1-2H3. The number of methoxy groups -OCH3 is 1. The van der Waals surface area contributed by atoms with Crippen LogP contribution >= 0.6 is 0 Å². The first kappa shape index (κ1) is 12.4. The molecule has 1 N–H and O–H groups in total. The third-order valence-corrected chi connectivity index (χ3v) is 3.68. The van der Waals surface area contributed by atoms with Gasteiger partial charge in [0.25, 0.3) is 0 Å². The van der Waals surface area contributed by atoms with Gasteiger partial charge in [-0.15, -0.1) is 0 Å². The first-order valence-electron chi connectivity index (χ1n) is 6.63. The van der Waals surface area contributed by atoms with Crippen LogP contribution in [0, 0.1) is 5.92 Å². The van der Waals surface area contributed by atoms with E-state index in [-0.39, 0.29) is 0 Å². The van der Waals surface area contributed by atoms with Crippen molar-refractivity contribution in [3.63, 3.8) is 0 Å². The molecule has 1 saturated carbocycles. The molecule has 1 unspecified atom stereocenters. The Morgan fingerprint density at radius 1 is 1.41 bits per heavy atom. The van der Waals surface area contributed by atoms with E-state index >= 15 is 0 Å². The molecule has 1 aliphatic rings. The van der Waals surface area contributed by atoms with E-state index in [1.165, 1.54) is 31.2 Å². The average molecular weight is 233 g/mol. The lowest BCUT2D eigenvalue weighted by molar-refractivity contribution is 0.414. The zero-order valence-electron chi connectivity index (χ0n) is 10.9. The number of aryl methyl sites for hydroxylation is 1. The van der Waals surface area contributed by atoms with Crippen molar-refractivity contribution in [1.82, 2.24) is 5.32 Å². The summed E-state index contributed by atoms with van der Waals surface area (Å²) in [6.07, 6.45) is 6.55. The zero-order valence-corrected chi connectivity index (χ0v) is 10.9. The number of nitrogens with one attached hydrogen (secondary N) is 1. The predicted octanol–water partition coefficient (Wildman–Crippen LogP) is 3.02. The molecule has 1 aromatic rings. The van der Waals surface area contributed by atoms with Crippen molar-refractivity contribution in [3.8, 4) is 5.75 Å². The van der Waals surface area contributed by atoms with E-state index in [1.807, 2.05) is 6.07 Å². The second-order valence-corrected chi connectivity index (χ2v) is 4.98. The highest BCUT2D eigenvalue weighted by Crippen LogP contribution is 2.34. The Morgan fingerprint density at radius 3 is 2.88 bits per heavy atom. The predicted molar refractivity (Wildman–Crippen MR) is 71.5 cm³/mol. The Kier molecular flexibility index (Phi) is 4.43. The van der Waals surface area contributed by atoms with Crippen LogP contribution in [0.4, 0.5) is 0 Å². The third kappa shape index (κ3) is 3.74. The Balaban J connectivity index is 1.76. The Hall–Kier alpha value is -1.02. The summed E-state index contributed by atoms with van der Waals surface area (Å²) in [7, 11) is 3.82. The maximum atomic E-state index is 5.24. The van der Waals surface area contributed by atoms with Crippen LogP contribution in [0.2, 0.25) is 0 Å². The lowest BCUT2D eigenvalue weighted by Gasteiger charge is -2.14. The fraction of sp³-hybridized carbons (Fsp3) is 0.600. The summed E-state index contributed by atoms with van der Waals surface area (Å²) >= 11 is 0. The van der Waals surface area contributed by atoms with Crippen LogP contribution in [0.1, 0.15) is 31.2 Å². The van der Waals surface area contributed by atoms with Gasteiger partial charge in [-0.3, -0.25) is 0 Å². The Labute approximate surface area is 104 Å². The number of hydrogen-bond acceptors (Lipinski definition) is 2. The van der Waals surface area contributed by atoms with Crippen LogP contribution in [-0.2, 0) is 6.42 Å². The van der Waals surface area contributed by atoms with Crippen LogP contribution in [0.3, 0.4) is 0 Å². The second-order valence-electron chi connectivity index (χ2n) is 4.98. The summed E-state index contributed by atoms with van der Waals surface area (Å²) in [5, 5.41) is 3.45. The van der Waals surface area contributed by atoms with Crippen molar-refractivity contribution in [2.75, 3.05) is 14.2 Å². The summed E-state index contributed by atoms with van der Waals surface area (Å²) in [4.78, 5) is 0. The van der Waals surface area contributed by atoms with Gasteiger partial charge in [0.2, 0.25) is 0 Å². The number of hydrogen-bond donors (Lipinski definition) is 1. The quantitative estimate of drug-likeness (QED) is 0.781. The first-order valence-corrected chi connectivity index (χ1v) is 6.63. The average Bonchev–Trinajstić information content (AvgIpc) is 3.19. The molecule has 0 aromatic heterocycles. The highest BCUT2D eigenvalue weighted by Gasteiger charge is 2.29. The molecule has 0 bridgehead atoms. The molecule has 0 saturated heterocycles. The molecule has 1 fully saturated rings. The summed E-state index contributed by atoms with van der Waals surface area (Å²) in [5.74, 6) is 1.92. The molecule has 0 aliphatic heterocycles. The number of benzene rings is 1. The summed E-state index contributed by atoms with van der Waals surface area (Å²) in [5.41, 5.74) is 1.38. The van der Waals surface area contributed by atoms with Crippen molar-refractivity contribution in [1.29, 1.82) is 0 Å². The van der Waals surface area contributed by atoms with Crippen molar-refractivity contribution in [3.05, 3.63) is 29.8 Å². The molecule has 94 valence electrons. The molecular formula is C15H23NO. The van der Waals surface area contributed by atoms with Gasteiger partial charge in [-0.2, -0.15) is 0 Å². The normalized spacial score (nSPS) is 16.8. The Morgan fingerprint density at radius 2 is 2.24 bits per heavy atom. The zero-order chi connectivity index (χ0) is 12.1. The largest absolute Gasteiger partial charge is 0.497 e. The third-order valence-electron chi connectivity index (χ3n) is 3.68. The van der Waals surface area contributed by atoms with E-state index in [0.717, 1.165) is 24.1 Å². The number of rotatable bonds is 7. The lowest BCUT2D eigenvalue weighted by atomic mass is 10.0. The van der Waals surface area contributed by atoms with Crippen LogP contribution < -0.4 is 10.1 Å². The van der Waals surface area contributed by atoms with E-state index in [4.69, 9.17) is 4.74 Å². The van der Waals surface area contributed by atoms with Gasteiger partial charge in [0, 0.05) is 6.04 Å². The molecule has 1 aliphatic carbocycles. The molecule has 0 heterocycles. The van der Waals surface area contributed by atoms with Gasteiger partial charge in [0.05, 0.1) is 7.11 Å². The molecule has 0 spiro atoms. The van der Waals surface area contributed by atoms with Crippen LogP contribution in [0.5, 0.6) is 5.75 Å². The van der Waals surface area contributed by atoms with Crippen molar-refractivity contribution >= 4 is 0 Å². The SMILES string of the molecule is CNC(CCCc1cccc(OC)c1)C1CC1. The molecular weight excluding hydrogens is 210 g/mol. The van der Waals surface area contributed by atoms with Gasteiger partial charge in [-0.05, 0) is 62.8 Å². The van der Waals surface area contributed by atoms with E-state index < -0.39 is 0 Å². The van der Waals surface area contributed by atoms with Gasteiger partial charge >= 0.3 is 0 Å². The van der Waals surface area contributed by atoms with Gasteiger partial charge in [0.1, 0.15) is 5.75 Å². The van der Waals surface area contributed by atoms with Crippen LogP contribution in [0.15, 0.2) is 24.3 Å². The highest BCUT2D eigenvalue weighted by atomic mass is 16.5. The minimum absolute atomic E-state index is 0.737. The highest BCUT2D eigenvalue weighted by molar-refractivity contribution is 5.28. The summed E-state index contributed by atoms with van der Waals surface area (Å²) in [6.45, 7) is 0. The Bertz CT molecular complexity index is 347. The van der Waals surface area contributed by atoms with Crippen LogP contribution in [-0.4, -0.2) is 20.2 Å². The second kappa shape index (κ2) is 6.06. The smallest absolute Gasteiger partial charge is 0.119 e. The van der Waals surface area contributed by atoms with Gasteiger partial charge in [0.15, 0.2) is 0 Å². The van der Waals surface area contributed by atoms with E-state index in [1.54, 1.807) is 7.11 Å². The fourth-order valence-electron chi connectivity index (χ4n) is 2.47. The molecule has 0 amide bonds. The van der Waals surface area contributed by atoms with Crippen molar-refractivity contribution in [2.24, 2.45) is 5.92 Å². The van der Waals surface area contributed by atoms with Gasteiger partial charge in [-0.1, -0.05) is 12.1 Å².